The molecule has 0 aromatic carbocycles. The fourth-order valence-corrected chi connectivity index (χ4v) is 0.876. The Kier molecular flexibility index (Phi) is 4.99. The minimum Gasteiger partial charge on any atom is -0.463 e. The maximum atomic E-state index is 10.5. The predicted molar refractivity (Wildman–Crippen MR) is 40.8 cm³/mol. The highest BCUT2D eigenvalue weighted by Crippen LogP contribution is 2.12. The van der Waals surface area contributed by atoms with E-state index in [1.807, 2.05) is 20.8 Å². The second-order valence-corrected chi connectivity index (χ2v) is 2.19. The summed E-state index contributed by atoms with van der Waals surface area (Å²) >= 11 is 0. The Morgan fingerprint density at radius 3 is 2.40 bits per heavy atom. The number of ether oxygens (including phenoxy) is 1. The molecular weight excluding hydrogens is 128 g/mol. The van der Waals surface area contributed by atoms with Gasteiger partial charge in [-0.15, -0.1) is 0 Å². The Morgan fingerprint density at radius 2 is 2.10 bits per heavy atom. The molecule has 2 nitrogen and oxygen atoms in total. The first-order valence-electron chi connectivity index (χ1n) is 3.98. The second kappa shape index (κ2) is 5.27. The Morgan fingerprint density at radius 1 is 1.50 bits per heavy atom. The third-order valence-electron chi connectivity index (χ3n) is 1.32. The van der Waals surface area contributed by atoms with Gasteiger partial charge in [0.1, 0.15) is 0 Å². The summed E-state index contributed by atoms with van der Waals surface area (Å²) < 4.78 is 4.85. The lowest BCUT2D eigenvalue weighted by molar-refractivity contribution is -0.152. The van der Waals surface area contributed by atoms with Gasteiger partial charge in [0.25, 0.3) is 0 Å². The van der Waals surface area contributed by atoms with Crippen molar-refractivity contribution in [1.82, 2.24) is 0 Å². The summed E-state index contributed by atoms with van der Waals surface area (Å²) in [6, 6.07) is 0. The maximum absolute atomic E-state index is 10.5. The van der Waals surface area contributed by atoms with E-state index in [1.54, 1.807) is 0 Å². The molecule has 1 unspecified atom stereocenters. The lowest BCUT2D eigenvalue weighted by Crippen LogP contribution is -2.19. The normalized spacial score (nSPS) is 24.3. The highest BCUT2D eigenvalue weighted by molar-refractivity contribution is 5.70. The molecule has 0 radical (unpaired) electrons. The van der Waals surface area contributed by atoms with Crippen molar-refractivity contribution < 1.29 is 9.53 Å². The van der Waals surface area contributed by atoms with Crippen molar-refractivity contribution in [2.75, 3.05) is 0 Å². The van der Waals surface area contributed by atoms with Crippen molar-refractivity contribution in [3.05, 3.63) is 0 Å². The number of hydrogen-bond acceptors (Lipinski definition) is 2. The summed E-state index contributed by atoms with van der Waals surface area (Å²) in [5, 5.41) is 0. The molecule has 1 fully saturated rings. The van der Waals surface area contributed by atoms with E-state index < -0.39 is 0 Å². The number of carbonyl (C=O) groups excluding carboxylic acids is 1. The first kappa shape index (κ1) is 9.47. The van der Waals surface area contributed by atoms with E-state index in [0.717, 1.165) is 12.8 Å². The SMILES string of the molecule is CC.CC1CCCC(=O)O1. The van der Waals surface area contributed by atoms with Crippen molar-refractivity contribution in [3.63, 3.8) is 0 Å². The molecule has 0 amide bonds. The number of hydrogen-bond donors (Lipinski definition) is 0. The van der Waals surface area contributed by atoms with Gasteiger partial charge in [0, 0.05) is 6.42 Å². The molecule has 0 aromatic rings. The Hall–Kier alpha value is -0.530. The standard InChI is InChI=1S/C6H10O2.C2H6/c1-5-3-2-4-6(7)8-5;1-2/h5H,2-4H2,1H3;1-2H3. The second-order valence-electron chi connectivity index (χ2n) is 2.19. The molecule has 1 aliphatic rings. The van der Waals surface area contributed by atoms with Crippen LogP contribution in [0.25, 0.3) is 0 Å². The van der Waals surface area contributed by atoms with Gasteiger partial charge in [-0.25, -0.2) is 0 Å². The molecule has 0 aliphatic carbocycles. The molecule has 1 heterocycles. The minimum absolute atomic E-state index is 0.0382. The highest BCUT2D eigenvalue weighted by Gasteiger charge is 2.14. The first-order chi connectivity index (χ1) is 4.79. The van der Waals surface area contributed by atoms with Crippen molar-refractivity contribution in [2.45, 2.75) is 46.1 Å². The van der Waals surface area contributed by atoms with Crippen molar-refractivity contribution in [2.24, 2.45) is 0 Å². The van der Waals surface area contributed by atoms with Crippen LogP contribution in [0.3, 0.4) is 0 Å². The van der Waals surface area contributed by atoms with Crippen LogP contribution in [0.2, 0.25) is 0 Å². The molecule has 1 saturated heterocycles. The van der Waals surface area contributed by atoms with E-state index in [4.69, 9.17) is 4.74 Å². The van der Waals surface area contributed by atoms with Gasteiger partial charge in [-0.05, 0) is 19.8 Å². The third kappa shape index (κ3) is 3.49. The number of rotatable bonds is 0. The molecular formula is C8H16O2. The predicted octanol–water partition coefficient (Wildman–Crippen LogP) is 2.13. The number of carbonyl (C=O) groups is 1. The van der Waals surface area contributed by atoms with Crippen LogP contribution in [0.4, 0.5) is 0 Å². The van der Waals surface area contributed by atoms with E-state index in [-0.39, 0.29) is 12.1 Å². The first-order valence-corrected chi connectivity index (χ1v) is 3.98. The van der Waals surface area contributed by atoms with E-state index in [9.17, 15) is 4.79 Å². The van der Waals surface area contributed by atoms with Crippen molar-refractivity contribution in [1.29, 1.82) is 0 Å². The smallest absolute Gasteiger partial charge is 0.306 e. The van der Waals surface area contributed by atoms with Gasteiger partial charge in [-0.1, -0.05) is 13.8 Å². The van der Waals surface area contributed by atoms with E-state index in [0.29, 0.717) is 6.42 Å². The van der Waals surface area contributed by atoms with Crippen LogP contribution in [0.5, 0.6) is 0 Å². The lowest BCUT2D eigenvalue weighted by atomic mass is 10.1. The molecule has 1 aliphatic heterocycles. The van der Waals surface area contributed by atoms with E-state index in [2.05, 4.69) is 0 Å². The fourth-order valence-electron chi connectivity index (χ4n) is 0.876. The zero-order valence-corrected chi connectivity index (χ0v) is 7.02. The van der Waals surface area contributed by atoms with Crippen LogP contribution in [0.1, 0.15) is 40.0 Å². The summed E-state index contributed by atoms with van der Waals surface area (Å²) in [6.07, 6.45) is 2.81. The zero-order valence-electron chi connectivity index (χ0n) is 7.02. The fraction of sp³-hybridized carbons (Fsp3) is 0.875. The quantitative estimate of drug-likeness (QED) is 0.487. The van der Waals surface area contributed by atoms with E-state index >= 15 is 0 Å². The van der Waals surface area contributed by atoms with Gasteiger partial charge < -0.3 is 4.74 Å². The van der Waals surface area contributed by atoms with E-state index in [1.165, 1.54) is 0 Å². The van der Waals surface area contributed by atoms with Crippen molar-refractivity contribution >= 4 is 5.97 Å². The van der Waals surface area contributed by atoms with Gasteiger partial charge in [0.2, 0.25) is 0 Å². The van der Waals surface area contributed by atoms with Gasteiger partial charge in [-0.3, -0.25) is 4.79 Å². The molecule has 0 bridgehead atoms. The molecule has 1 rings (SSSR count). The molecule has 0 aromatic heterocycles. The average molecular weight is 144 g/mol. The molecule has 60 valence electrons. The molecule has 2 heteroatoms. The third-order valence-corrected chi connectivity index (χ3v) is 1.32. The summed E-state index contributed by atoms with van der Waals surface area (Å²) in [4.78, 5) is 10.5. The van der Waals surface area contributed by atoms with Crippen LogP contribution >= 0.6 is 0 Å². The molecule has 10 heavy (non-hydrogen) atoms. The van der Waals surface area contributed by atoms with Gasteiger partial charge >= 0.3 is 5.97 Å². The van der Waals surface area contributed by atoms with Crippen LogP contribution in [0, 0.1) is 0 Å². The van der Waals surface area contributed by atoms with Crippen LogP contribution in [-0.4, -0.2) is 12.1 Å². The summed E-state index contributed by atoms with van der Waals surface area (Å²) in [7, 11) is 0. The minimum atomic E-state index is -0.0382. The molecule has 0 spiro atoms. The van der Waals surface area contributed by atoms with Crippen LogP contribution in [0.15, 0.2) is 0 Å². The zero-order chi connectivity index (χ0) is 7.98. The summed E-state index contributed by atoms with van der Waals surface area (Å²) in [5.41, 5.74) is 0. The largest absolute Gasteiger partial charge is 0.463 e. The lowest BCUT2D eigenvalue weighted by Gasteiger charge is -2.17. The maximum Gasteiger partial charge on any atom is 0.306 e. The molecule has 1 atom stereocenters. The van der Waals surface area contributed by atoms with Gasteiger partial charge in [-0.2, -0.15) is 0 Å². The van der Waals surface area contributed by atoms with Crippen LogP contribution in [-0.2, 0) is 9.53 Å². The summed E-state index contributed by atoms with van der Waals surface area (Å²) in [5.74, 6) is -0.0382. The highest BCUT2D eigenvalue weighted by atomic mass is 16.5. The van der Waals surface area contributed by atoms with Gasteiger partial charge in [0.15, 0.2) is 0 Å². The number of cyclic esters (lactones) is 1. The Labute approximate surface area is 62.6 Å². The monoisotopic (exact) mass is 144 g/mol. The Bertz CT molecular complexity index is 99.4. The molecule has 0 saturated carbocycles. The average Bonchev–Trinajstić information content (AvgIpc) is 1.91. The van der Waals surface area contributed by atoms with Crippen molar-refractivity contribution in [3.8, 4) is 0 Å². The Balaban J connectivity index is 0.000000371. The summed E-state index contributed by atoms with van der Waals surface area (Å²) in [6.45, 7) is 5.93. The number of esters is 1. The molecule has 0 N–H and O–H groups in total. The van der Waals surface area contributed by atoms with Crippen LogP contribution < -0.4 is 0 Å². The van der Waals surface area contributed by atoms with Gasteiger partial charge in [0.05, 0.1) is 6.10 Å². The topological polar surface area (TPSA) is 26.3 Å².